The van der Waals surface area contributed by atoms with E-state index in [0.717, 1.165) is 29.4 Å². The summed E-state index contributed by atoms with van der Waals surface area (Å²) in [6.45, 7) is 0.702. The molecule has 1 aromatic carbocycles. The number of aromatic nitrogens is 1. The Morgan fingerprint density at radius 2 is 1.94 bits per heavy atom. The lowest BCUT2D eigenvalue weighted by atomic mass is 10.1. The van der Waals surface area contributed by atoms with Crippen molar-refractivity contribution in [3.05, 3.63) is 30.0 Å². The van der Waals surface area contributed by atoms with Crippen LogP contribution < -0.4 is 11.5 Å². The van der Waals surface area contributed by atoms with Crippen molar-refractivity contribution in [1.29, 1.82) is 0 Å². The molecule has 0 aliphatic heterocycles. The fraction of sp³-hybridized carbons (Fsp3) is 0.308. The van der Waals surface area contributed by atoms with Gasteiger partial charge in [0.25, 0.3) is 0 Å². The number of para-hydroxylation sites is 1. The molecule has 0 unspecified atom stereocenters. The Hall–Kier alpha value is -1.81. The standard InChI is InChI=1S/C13H17N3O/c1-17-8-4-7-11-13(15)12(14)9-5-2-3-6-10(9)16-11/h2-3,5-6H,4,7-8,15H2,1H3,(H2,14,16). The number of benzene rings is 1. The molecular formula is C13H17N3O. The minimum Gasteiger partial charge on any atom is -0.396 e. The second kappa shape index (κ2) is 5.01. The average Bonchev–Trinajstić information content (AvgIpc) is 2.35. The molecule has 0 atom stereocenters. The molecule has 1 heterocycles. The normalized spacial score (nSPS) is 10.9. The summed E-state index contributed by atoms with van der Waals surface area (Å²) in [6.07, 6.45) is 1.68. The summed E-state index contributed by atoms with van der Waals surface area (Å²) >= 11 is 0. The molecule has 0 bridgehead atoms. The number of nitrogens with two attached hydrogens (primary N) is 2. The molecule has 0 spiro atoms. The van der Waals surface area contributed by atoms with E-state index in [0.29, 0.717) is 18.0 Å². The van der Waals surface area contributed by atoms with E-state index in [1.165, 1.54) is 0 Å². The van der Waals surface area contributed by atoms with Crippen LogP contribution >= 0.6 is 0 Å². The lowest BCUT2D eigenvalue weighted by molar-refractivity contribution is 0.195. The van der Waals surface area contributed by atoms with Gasteiger partial charge < -0.3 is 16.2 Å². The molecule has 4 N–H and O–H groups in total. The van der Waals surface area contributed by atoms with Gasteiger partial charge in [0.05, 0.1) is 22.6 Å². The highest BCUT2D eigenvalue weighted by Crippen LogP contribution is 2.28. The molecule has 17 heavy (non-hydrogen) atoms. The van der Waals surface area contributed by atoms with Gasteiger partial charge in [-0.05, 0) is 18.9 Å². The maximum Gasteiger partial charge on any atom is 0.0773 e. The van der Waals surface area contributed by atoms with Crippen LogP contribution in [0.3, 0.4) is 0 Å². The zero-order valence-corrected chi connectivity index (χ0v) is 9.94. The minimum absolute atomic E-state index is 0.597. The Kier molecular flexibility index (Phi) is 3.44. The molecule has 0 aliphatic carbocycles. The number of methoxy groups -OCH3 is 1. The highest BCUT2D eigenvalue weighted by molar-refractivity contribution is 5.96. The SMILES string of the molecule is COCCCc1nc2ccccc2c(N)c1N. The minimum atomic E-state index is 0.597. The second-order valence-electron chi connectivity index (χ2n) is 4.00. The Balaban J connectivity index is 2.39. The predicted octanol–water partition coefficient (Wildman–Crippen LogP) is 1.98. The van der Waals surface area contributed by atoms with Crippen molar-refractivity contribution in [3.63, 3.8) is 0 Å². The van der Waals surface area contributed by atoms with Gasteiger partial charge in [-0.1, -0.05) is 18.2 Å². The molecule has 0 radical (unpaired) electrons. The fourth-order valence-electron chi connectivity index (χ4n) is 1.88. The zero-order chi connectivity index (χ0) is 12.3. The van der Waals surface area contributed by atoms with E-state index in [1.807, 2.05) is 24.3 Å². The van der Waals surface area contributed by atoms with Crippen molar-refractivity contribution in [1.82, 2.24) is 4.98 Å². The molecule has 0 amide bonds. The molecule has 2 aromatic rings. The van der Waals surface area contributed by atoms with E-state index in [4.69, 9.17) is 16.2 Å². The number of nitrogens with zero attached hydrogens (tertiary/aromatic N) is 1. The Labute approximate surface area is 101 Å². The zero-order valence-electron chi connectivity index (χ0n) is 9.94. The first-order valence-corrected chi connectivity index (χ1v) is 5.65. The number of hydrogen-bond donors (Lipinski definition) is 2. The average molecular weight is 231 g/mol. The molecule has 0 aliphatic rings. The lowest BCUT2D eigenvalue weighted by Crippen LogP contribution is -2.05. The lowest BCUT2D eigenvalue weighted by Gasteiger charge is -2.10. The van der Waals surface area contributed by atoms with Gasteiger partial charge in [0.1, 0.15) is 0 Å². The van der Waals surface area contributed by atoms with E-state index in [9.17, 15) is 0 Å². The van der Waals surface area contributed by atoms with Gasteiger partial charge >= 0.3 is 0 Å². The second-order valence-corrected chi connectivity index (χ2v) is 4.00. The van der Waals surface area contributed by atoms with Gasteiger partial charge in [-0.2, -0.15) is 0 Å². The molecule has 90 valence electrons. The van der Waals surface area contributed by atoms with Crippen molar-refractivity contribution in [3.8, 4) is 0 Å². The van der Waals surface area contributed by atoms with E-state index in [-0.39, 0.29) is 0 Å². The Bertz CT molecular complexity index is 525. The topological polar surface area (TPSA) is 74.2 Å². The quantitative estimate of drug-likeness (QED) is 0.789. The first-order chi connectivity index (χ1) is 8.24. The third kappa shape index (κ3) is 2.31. The molecule has 0 saturated carbocycles. The van der Waals surface area contributed by atoms with Crippen LogP contribution in [0, 0.1) is 0 Å². The summed E-state index contributed by atoms with van der Waals surface area (Å²) in [4.78, 5) is 4.55. The monoisotopic (exact) mass is 231 g/mol. The number of pyridine rings is 1. The first-order valence-electron chi connectivity index (χ1n) is 5.65. The van der Waals surface area contributed by atoms with E-state index >= 15 is 0 Å². The van der Waals surface area contributed by atoms with E-state index in [1.54, 1.807) is 7.11 Å². The summed E-state index contributed by atoms with van der Waals surface area (Å²) in [7, 11) is 1.69. The molecular weight excluding hydrogens is 214 g/mol. The maximum absolute atomic E-state index is 6.03. The molecule has 2 rings (SSSR count). The van der Waals surface area contributed by atoms with Gasteiger partial charge in [0.2, 0.25) is 0 Å². The first kappa shape index (κ1) is 11.7. The van der Waals surface area contributed by atoms with Crippen LogP contribution in [0.5, 0.6) is 0 Å². The third-order valence-electron chi connectivity index (χ3n) is 2.81. The number of anilines is 2. The van der Waals surface area contributed by atoms with Crippen molar-refractivity contribution < 1.29 is 4.74 Å². The molecule has 0 saturated heterocycles. The van der Waals surface area contributed by atoms with Crippen LogP contribution in [0.15, 0.2) is 24.3 Å². The number of fused-ring (bicyclic) bond motifs is 1. The van der Waals surface area contributed by atoms with Gasteiger partial charge in [-0.25, -0.2) is 0 Å². The van der Waals surface area contributed by atoms with Crippen LogP contribution in [0.1, 0.15) is 12.1 Å². The van der Waals surface area contributed by atoms with Crippen LogP contribution in [-0.4, -0.2) is 18.7 Å². The number of ether oxygens (including phenoxy) is 1. The van der Waals surface area contributed by atoms with Gasteiger partial charge in [-0.15, -0.1) is 0 Å². The van der Waals surface area contributed by atoms with Gasteiger partial charge in [-0.3, -0.25) is 4.98 Å². The van der Waals surface area contributed by atoms with Crippen LogP contribution in [0.25, 0.3) is 10.9 Å². The molecule has 4 nitrogen and oxygen atoms in total. The number of nitrogen functional groups attached to an aromatic ring is 2. The highest BCUT2D eigenvalue weighted by Gasteiger charge is 2.09. The van der Waals surface area contributed by atoms with Gasteiger partial charge in [0, 0.05) is 19.1 Å². The predicted molar refractivity (Wildman–Crippen MR) is 70.8 cm³/mol. The summed E-state index contributed by atoms with van der Waals surface area (Å²) in [6, 6.07) is 7.77. The van der Waals surface area contributed by atoms with E-state index < -0.39 is 0 Å². The maximum atomic E-state index is 6.03. The summed E-state index contributed by atoms with van der Waals surface area (Å²) in [5.74, 6) is 0. The van der Waals surface area contributed by atoms with Crippen LogP contribution in [-0.2, 0) is 11.2 Å². The molecule has 1 aromatic heterocycles. The van der Waals surface area contributed by atoms with Crippen molar-refractivity contribution in [2.45, 2.75) is 12.8 Å². The van der Waals surface area contributed by atoms with Crippen molar-refractivity contribution in [2.24, 2.45) is 0 Å². The summed E-state index contributed by atoms with van der Waals surface area (Å²) < 4.78 is 5.02. The molecule has 0 fully saturated rings. The third-order valence-corrected chi connectivity index (χ3v) is 2.81. The van der Waals surface area contributed by atoms with Crippen LogP contribution in [0.4, 0.5) is 11.4 Å². The van der Waals surface area contributed by atoms with Crippen molar-refractivity contribution >= 4 is 22.3 Å². The van der Waals surface area contributed by atoms with Crippen molar-refractivity contribution in [2.75, 3.05) is 25.2 Å². The van der Waals surface area contributed by atoms with E-state index in [2.05, 4.69) is 4.98 Å². The van der Waals surface area contributed by atoms with Crippen LogP contribution in [0.2, 0.25) is 0 Å². The smallest absolute Gasteiger partial charge is 0.0773 e. The number of hydrogen-bond acceptors (Lipinski definition) is 4. The Morgan fingerprint density at radius 1 is 1.18 bits per heavy atom. The molecule has 4 heteroatoms. The number of rotatable bonds is 4. The van der Waals surface area contributed by atoms with Gasteiger partial charge in [0.15, 0.2) is 0 Å². The largest absolute Gasteiger partial charge is 0.396 e. The highest BCUT2D eigenvalue weighted by atomic mass is 16.5. The number of aryl methyl sites for hydroxylation is 1. The fourth-order valence-corrected chi connectivity index (χ4v) is 1.88. The summed E-state index contributed by atoms with van der Waals surface area (Å²) in [5.41, 5.74) is 15.0. The summed E-state index contributed by atoms with van der Waals surface area (Å²) in [5, 5.41) is 0.917. The Morgan fingerprint density at radius 3 is 2.71 bits per heavy atom.